The van der Waals surface area contributed by atoms with Gasteiger partial charge < -0.3 is 4.90 Å². The van der Waals surface area contributed by atoms with Gasteiger partial charge in [0.15, 0.2) is 0 Å². The minimum Gasteiger partial charge on any atom is -0.302 e. The lowest BCUT2D eigenvalue weighted by atomic mass is 10.0. The van der Waals surface area contributed by atoms with Crippen LogP contribution in [0.5, 0.6) is 0 Å². The van der Waals surface area contributed by atoms with E-state index in [9.17, 15) is 0 Å². The molecule has 3 heterocycles. The van der Waals surface area contributed by atoms with Gasteiger partial charge in [0.1, 0.15) is 12.1 Å². The van der Waals surface area contributed by atoms with E-state index in [1.807, 2.05) is 17.1 Å². The van der Waals surface area contributed by atoms with Crippen molar-refractivity contribution >= 4 is 10.9 Å². The van der Waals surface area contributed by atoms with Crippen LogP contribution in [-0.2, 0) is 13.0 Å². The molecule has 2 aromatic heterocycles. The smallest absolute Gasteiger partial charge is 0.115 e. The molecule has 22 heavy (non-hydrogen) atoms. The largest absolute Gasteiger partial charge is 0.302 e. The molecule has 4 heteroatoms. The number of rotatable bonds is 2. The van der Waals surface area contributed by atoms with Gasteiger partial charge in [-0.1, -0.05) is 18.2 Å². The number of nitrogens with zero attached hydrogens (tertiary/aromatic N) is 4. The molecule has 0 spiro atoms. The average molecular weight is 292 g/mol. The van der Waals surface area contributed by atoms with Crippen molar-refractivity contribution < 1.29 is 0 Å². The Labute approximate surface area is 130 Å². The van der Waals surface area contributed by atoms with E-state index in [0.717, 1.165) is 25.3 Å². The predicted octanol–water partition coefficient (Wildman–Crippen LogP) is 2.93. The summed E-state index contributed by atoms with van der Waals surface area (Å²) >= 11 is 0. The highest BCUT2D eigenvalue weighted by molar-refractivity contribution is 5.87. The number of fused-ring (bicyclic) bond motifs is 3. The highest BCUT2D eigenvalue weighted by atomic mass is 15.2. The van der Waals surface area contributed by atoms with Gasteiger partial charge in [0, 0.05) is 43.0 Å². The Morgan fingerprint density at radius 3 is 2.95 bits per heavy atom. The van der Waals surface area contributed by atoms with Crippen molar-refractivity contribution in [2.45, 2.75) is 19.9 Å². The van der Waals surface area contributed by atoms with Gasteiger partial charge in [-0.2, -0.15) is 0 Å². The second kappa shape index (κ2) is 4.85. The molecule has 0 fully saturated rings. The van der Waals surface area contributed by atoms with Crippen LogP contribution in [-0.4, -0.2) is 32.6 Å². The van der Waals surface area contributed by atoms with Crippen molar-refractivity contribution in [1.82, 2.24) is 19.0 Å². The highest BCUT2D eigenvalue weighted by Gasteiger charge is 2.23. The van der Waals surface area contributed by atoms with Crippen molar-refractivity contribution in [3.8, 4) is 0 Å². The van der Waals surface area contributed by atoms with Crippen LogP contribution >= 0.6 is 0 Å². The molecule has 0 unspecified atom stereocenters. The van der Waals surface area contributed by atoms with Crippen LogP contribution in [0.2, 0.25) is 0 Å². The van der Waals surface area contributed by atoms with Gasteiger partial charge >= 0.3 is 0 Å². The maximum Gasteiger partial charge on any atom is 0.115 e. The van der Waals surface area contributed by atoms with Crippen molar-refractivity contribution in [3.63, 3.8) is 0 Å². The van der Waals surface area contributed by atoms with Gasteiger partial charge in [-0.15, -0.1) is 0 Å². The fraction of sp³-hybridized carbons (Fsp3) is 0.278. The lowest BCUT2D eigenvalue weighted by Crippen LogP contribution is -2.28. The summed E-state index contributed by atoms with van der Waals surface area (Å²) in [6.45, 7) is 8.55. The quantitative estimate of drug-likeness (QED) is 0.726. The van der Waals surface area contributed by atoms with Crippen LogP contribution in [0.15, 0.2) is 43.5 Å². The molecule has 1 aliphatic heterocycles. The van der Waals surface area contributed by atoms with Crippen LogP contribution < -0.4 is 0 Å². The Hall–Kier alpha value is -2.33. The number of hydrogen-bond acceptors (Lipinski definition) is 2. The molecule has 0 saturated carbocycles. The Morgan fingerprint density at radius 2 is 2.18 bits per heavy atom. The minimum absolute atomic E-state index is 0.942. The van der Waals surface area contributed by atoms with Gasteiger partial charge in [-0.3, -0.25) is 9.13 Å². The average Bonchev–Trinajstić information content (AvgIpc) is 3.13. The van der Waals surface area contributed by atoms with E-state index in [1.165, 1.54) is 27.7 Å². The Bertz CT molecular complexity index is 855. The summed E-state index contributed by atoms with van der Waals surface area (Å²) in [5.41, 5.74) is 5.37. The molecule has 0 saturated heterocycles. The predicted molar refractivity (Wildman–Crippen MR) is 88.6 cm³/mol. The fourth-order valence-electron chi connectivity index (χ4n) is 3.43. The lowest BCUT2D eigenvalue weighted by Gasteiger charge is -2.24. The molecular weight excluding hydrogens is 272 g/mol. The van der Waals surface area contributed by atoms with Crippen LogP contribution in [0.4, 0.5) is 0 Å². The molecule has 3 aromatic rings. The number of imidazole rings is 1. The van der Waals surface area contributed by atoms with Crippen LogP contribution in [0, 0.1) is 12.7 Å². The molecule has 0 bridgehead atoms. The maximum atomic E-state index is 4.31. The first-order valence-corrected chi connectivity index (χ1v) is 7.64. The Kier molecular flexibility index (Phi) is 2.94. The number of aromatic nitrogens is 3. The first kappa shape index (κ1) is 13.3. The van der Waals surface area contributed by atoms with Gasteiger partial charge in [-0.05, 0) is 31.7 Å². The zero-order chi connectivity index (χ0) is 15.3. The molecule has 4 nitrogen and oxygen atoms in total. The summed E-state index contributed by atoms with van der Waals surface area (Å²) in [5, 5.41) is 1.35. The molecule has 1 aliphatic rings. The van der Waals surface area contributed by atoms with Gasteiger partial charge in [0.05, 0.1) is 5.52 Å². The minimum atomic E-state index is 0.942. The summed E-state index contributed by atoms with van der Waals surface area (Å²) < 4.78 is 4.29. The number of aryl methyl sites for hydroxylation is 1. The normalized spacial score (nSPS) is 15.2. The first-order valence-electron chi connectivity index (χ1n) is 7.64. The van der Waals surface area contributed by atoms with Crippen LogP contribution in [0.1, 0.15) is 16.8 Å². The van der Waals surface area contributed by atoms with E-state index in [-0.39, 0.29) is 0 Å². The second-order valence-corrected chi connectivity index (χ2v) is 6.16. The SMILES string of the molecule is C=C(n1ccnc1)n1c2c(c3cc(C)ccc31)CN(C)CC2. The molecular formula is C18H20N4. The van der Waals surface area contributed by atoms with Gasteiger partial charge in [0.2, 0.25) is 0 Å². The van der Waals surface area contributed by atoms with Crippen molar-refractivity contribution in [2.24, 2.45) is 0 Å². The maximum absolute atomic E-state index is 4.31. The van der Waals surface area contributed by atoms with Gasteiger partial charge in [-0.25, -0.2) is 4.98 Å². The summed E-state index contributed by atoms with van der Waals surface area (Å²) in [4.78, 5) is 6.54. The summed E-state index contributed by atoms with van der Waals surface area (Å²) in [6.07, 6.45) is 6.60. The van der Waals surface area contributed by atoms with Crippen molar-refractivity contribution in [1.29, 1.82) is 0 Å². The molecule has 1 aromatic carbocycles. The van der Waals surface area contributed by atoms with E-state index in [1.54, 1.807) is 6.20 Å². The standard InChI is InChI=1S/C18H20N4/c1-13-4-5-17-15(10-13)16-11-20(3)8-6-18(16)22(17)14(2)21-9-7-19-12-21/h4-5,7,9-10,12H,2,6,8,11H2,1,3H3. The highest BCUT2D eigenvalue weighted by Crippen LogP contribution is 2.32. The molecule has 0 N–H and O–H groups in total. The third-order valence-corrected chi connectivity index (χ3v) is 4.56. The van der Waals surface area contributed by atoms with E-state index < -0.39 is 0 Å². The Morgan fingerprint density at radius 1 is 1.32 bits per heavy atom. The van der Waals surface area contributed by atoms with Gasteiger partial charge in [0.25, 0.3) is 0 Å². The van der Waals surface area contributed by atoms with E-state index in [0.29, 0.717) is 0 Å². The molecule has 112 valence electrons. The van der Waals surface area contributed by atoms with E-state index >= 15 is 0 Å². The Balaban J connectivity index is 2.00. The fourth-order valence-corrected chi connectivity index (χ4v) is 3.43. The summed E-state index contributed by atoms with van der Waals surface area (Å²) in [6, 6.07) is 6.69. The zero-order valence-electron chi connectivity index (χ0n) is 13.1. The van der Waals surface area contributed by atoms with E-state index in [2.05, 4.69) is 53.2 Å². The monoisotopic (exact) mass is 292 g/mol. The zero-order valence-corrected chi connectivity index (χ0v) is 13.1. The molecule has 0 aliphatic carbocycles. The molecule has 0 amide bonds. The third kappa shape index (κ3) is 1.91. The third-order valence-electron chi connectivity index (χ3n) is 4.56. The molecule has 4 rings (SSSR count). The number of hydrogen-bond donors (Lipinski definition) is 0. The van der Waals surface area contributed by atoms with E-state index in [4.69, 9.17) is 0 Å². The second-order valence-electron chi connectivity index (χ2n) is 6.16. The first-order chi connectivity index (χ1) is 10.6. The molecule has 0 radical (unpaired) electrons. The lowest BCUT2D eigenvalue weighted by molar-refractivity contribution is 0.310. The van der Waals surface area contributed by atoms with Crippen molar-refractivity contribution in [2.75, 3.05) is 13.6 Å². The van der Waals surface area contributed by atoms with Crippen LogP contribution in [0.3, 0.4) is 0 Å². The number of likely N-dealkylation sites (N-methyl/N-ethyl adjacent to an activating group) is 1. The summed E-state index contributed by atoms with van der Waals surface area (Å²) in [5.74, 6) is 0.942. The molecule has 0 atom stereocenters. The summed E-state index contributed by atoms with van der Waals surface area (Å²) in [7, 11) is 2.19. The van der Waals surface area contributed by atoms with Crippen LogP contribution in [0.25, 0.3) is 10.9 Å². The van der Waals surface area contributed by atoms with Crippen molar-refractivity contribution in [3.05, 3.63) is 66.1 Å². The topological polar surface area (TPSA) is 26.0 Å². The number of benzene rings is 1.